The highest BCUT2D eigenvalue weighted by Crippen LogP contribution is 2.30. The summed E-state index contributed by atoms with van der Waals surface area (Å²) in [6.07, 6.45) is -1.06. The van der Waals surface area contributed by atoms with Gasteiger partial charge in [0.25, 0.3) is 5.91 Å². The fourth-order valence-electron chi connectivity index (χ4n) is 3.16. The van der Waals surface area contributed by atoms with Gasteiger partial charge in [0, 0.05) is 44.1 Å². The fraction of sp³-hybridized carbons (Fsp3) is 0.263. The molecule has 0 bridgehead atoms. The highest BCUT2D eigenvalue weighted by atomic mass is 19.4. The Kier molecular flexibility index (Phi) is 4.91. The van der Waals surface area contributed by atoms with Crippen molar-refractivity contribution in [2.75, 3.05) is 31.1 Å². The van der Waals surface area contributed by atoms with E-state index < -0.39 is 17.6 Å². The Labute approximate surface area is 164 Å². The minimum atomic E-state index is -4.48. The molecule has 1 fully saturated rings. The van der Waals surface area contributed by atoms with Crippen molar-refractivity contribution in [3.8, 4) is 5.82 Å². The molecule has 150 valence electrons. The van der Waals surface area contributed by atoms with Crippen LogP contribution in [0.2, 0.25) is 0 Å². The summed E-state index contributed by atoms with van der Waals surface area (Å²) in [5.74, 6) is 0.861. The first-order valence-electron chi connectivity index (χ1n) is 8.97. The lowest BCUT2D eigenvalue weighted by molar-refractivity contribution is -0.137. The number of carbonyl (C=O) groups is 1. The number of hydrogen-bond donors (Lipinski definition) is 0. The number of rotatable bonds is 3. The van der Waals surface area contributed by atoms with Crippen LogP contribution in [0.4, 0.5) is 19.0 Å². The molecule has 0 aliphatic carbocycles. The van der Waals surface area contributed by atoms with Gasteiger partial charge in [-0.3, -0.25) is 4.79 Å². The van der Waals surface area contributed by atoms with E-state index in [1.807, 2.05) is 11.0 Å². The van der Waals surface area contributed by atoms with Crippen LogP contribution in [0.3, 0.4) is 0 Å². The normalized spacial score (nSPS) is 14.9. The molecule has 1 amide bonds. The fourth-order valence-corrected chi connectivity index (χ4v) is 3.16. The van der Waals surface area contributed by atoms with Crippen LogP contribution in [-0.2, 0) is 6.18 Å². The molecule has 4 rings (SSSR count). The molecule has 0 saturated carbocycles. The summed E-state index contributed by atoms with van der Waals surface area (Å²) in [7, 11) is 0. The number of alkyl halides is 3. The summed E-state index contributed by atoms with van der Waals surface area (Å²) in [5.41, 5.74) is -0.786. The van der Waals surface area contributed by atoms with E-state index in [0.717, 1.165) is 12.1 Å². The van der Waals surface area contributed by atoms with Gasteiger partial charge in [0.05, 0.1) is 5.56 Å². The molecular formula is C19H17F3N6O. The lowest BCUT2D eigenvalue weighted by Crippen LogP contribution is -2.49. The average molecular weight is 402 g/mol. The van der Waals surface area contributed by atoms with Crippen molar-refractivity contribution in [2.24, 2.45) is 0 Å². The first-order valence-corrected chi connectivity index (χ1v) is 8.97. The molecule has 10 heteroatoms. The molecule has 0 N–H and O–H groups in total. The predicted molar refractivity (Wildman–Crippen MR) is 98.7 cm³/mol. The molecule has 3 aromatic rings. The topological polar surface area (TPSA) is 67.2 Å². The molecule has 0 radical (unpaired) electrons. The summed E-state index contributed by atoms with van der Waals surface area (Å²) in [6, 6.07) is 9.93. The lowest BCUT2D eigenvalue weighted by atomic mass is 10.1. The van der Waals surface area contributed by atoms with Crippen molar-refractivity contribution < 1.29 is 18.0 Å². The minimum Gasteiger partial charge on any atom is -0.352 e. The second-order valence-corrected chi connectivity index (χ2v) is 6.56. The lowest BCUT2D eigenvalue weighted by Gasteiger charge is -2.35. The van der Waals surface area contributed by atoms with E-state index in [4.69, 9.17) is 0 Å². The highest BCUT2D eigenvalue weighted by Gasteiger charge is 2.31. The van der Waals surface area contributed by atoms with Crippen molar-refractivity contribution in [3.63, 3.8) is 0 Å². The maximum Gasteiger partial charge on any atom is 0.416 e. The molecule has 7 nitrogen and oxygen atoms in total. The number of hydrogen-bond acceptors (Lipinski definition) is 5. The third-order valence-corrected chi connectivity index (χ3v) is 4.70. The monoisotopic (exact) mass is 402 g/mol. The largest absolute Gasteiger partial charge is 0.416 e. The van der Waals surface area contributed by atoms with Crippen LogP contribution in [0.25, 0.3) is 5.82 Å². The van der Waals surface area contributed by atoms with E-state index in [-0.39, 0.29) is 5.56 Å². The van der Waals surface area contributed by atoms with Gasteiger partial charge in [0.15, 0.2) is 11.6 Å². The van der Waals surface area contributed by atoms with Crippen LogP contribution in [-0.4, -0.2) is 57.0 Å². The van der Waals surface area contributed by atoms with E-state index in [1.54, 1.807) is 34.1 Å². The zero-order valence-electron chi connectivity index (χ0n) is 15.3. The number of nitrogens with zero attached hydrogens (tertiary/aromatic N) is 6. The van der Waals surface area contributed by atoms with Crippen LogP contribution >= 0.6 is 0 Å². The molecule has 1 aliphatic heterocycles. The molecule has 2 aromatic heterocycles. The van der Waals surface area contributed by atoms with E-state index in [2.05, 4.69) is 15.3 Å². The van der Waals surface area contributed by atoms with Crippen LogP contribution < -0.4 is 4.90 Å². The molecule has 0 unspecified atom stereocenters. The summed E-state index contributed by atoms with van der Waals surface area (Å²) < 4.78 is 40.2. The van der Waals surface area contributed by atoms with Gasteiger partial charge in [0.2, 0.25) is 0 Å². The van der Waals surface area contributed by atoms with Gasteiger partial charge in [-0.2, -0.15) is 18.3 Å². The number of aromatic nitrogens is 4. The average Bonchev–Trinajstić information content (AvgIpc) is 3.28. The van der Waals surface area contributed by atoms with Crippen LogP contribution in [0.1, 0.15) is 15.9 Å². The van der Waals surface area contributed by atoms with Crippen LogP contribution in [0.5, 0.6) is 0 Å². The van der Waals surface area contributed by atoms with Crippen molar-refractivity contribution in [1.29, 1.82) is 0 Å². The van der Waals surface area contributed by atoms with Gasteiger partial charge in [0.1, 0.15) is 0 Å². The smallest absolute Gasteiger partial charge is 0.352 e. The standard InChI is InChI=1S/C19H17F3N6O/c20-19(21,22)15-4-1-3-14(13-15)18(29)27-11-9-26(10-12-27)16-5-6-17(25-24-16)28-8-2-7-23-28/h1-8,13H,9-12H2. The number of piperazine rings is 1. The second kappa shape index (κ2) is 7.53. The molecule has 1 saturated heterocycles. The second-order valence-electron chi connectivity index (χ2n) is 6.56. The summed E-state index contributed by atoms with van der Waals surface area (Å²) in [4.78, 5) is 16.1. The Bertz CT molecular complexity index is 980. The third kappa shape index (κ3) is 4.05. The predicted octanol–water partition coefficient (Wildman–Crippen LogP) is 2.64. The Morgan fingerprint density at radius 3 is 2.28 bits per heavy atom. The molecule has 0 atom stereocenters. The summed E-state index contributed by atoms with van der Waals surface area (Å²) >= 11 is 0. The van der Waals surface area contributed by atoms with E-state index in [1.165, 1.54) is 12.1 Å². The van der Waals surface area contributed by atoms with E-state index >= 15 is 0 Å². The molecule has 3 heterocycles. The number of carbonyl (C=O) groups excluding carboxylic acids is 1. The first kappa shape index (κ1) is 18.9. The van der Waals surface area contributed by atoms with Crippen LogP contribution in [0, 0.1) is 0 Å². The SMILES string of the molecule is O=C(c1cccc(C(F)(F)F)c1)N1CCN(c2ccc(-n3cccn3)nn2)CC1. The van der Waals surface area contributed by atoms with Gasteiger partial charge in [-0.1, -0.05) is 6.07 Å². The highest BCUT2D eigenvalue weighted by molar-refractivity contribution is 5.94. The van der Waals surface area contributed by atoms with Crippen LogP contribution in [0.15, 0.2) is 54.9 Å². The molecule has 1 aromatic carbocycles. The Morgan fingerprint density at radius 2 is 1.66 bits per heavy atom. The van der Waals surface area contributed by atoms with Crippen molar-refractivity contribution in [1.82, 2.24) is 24.9 Å². The zero-order chi connectivity index (χ0) is 20.4. The van der Waals surface area contributed by atoms with E-state index in [9.17, 15) is 18.0 Å². The number of benzene rings is 1. The van der Waals surface area contributed by atoms with Gasteiger partial charge < -0.3 is 9.80 Å². The number of amides is 1. The molecule has 29 heavy (non-hydrogen) atoms. The zero-order valence-corrected chi connectivity index (χ0v) is 15.3. The summed E-state index contributed by atoms with van der Waals surface area (Å²) in [6.45, 7) is 1.80. The van der Waals surface area contributed by atoms with Crippen molar-refractivity contribution >= 4 is 11.7 Å². The maximum absolute atomic E-state index is 12.9. The first-order chi connectivity index (χ1) is 13.9. The molecule has 1 aliphatic rings. The Balaban J connectivity index is 1.40. The molecular weight excluding hydrogens is 385 g/mol. The Morgan fingerprint density at radius 1 is 0.931 bits per heavy atom. The third-order valence-electron chi connectivity index (χ3n) is 4.70. The number of halogens is 3. The molecule has 0 spiro atoms. The van der Waals surface area contributed by atoms with Gasteiger partial charge in [-0.15, -0.1) is 10.2 Å². The van der Waals surface area contributed by atoms with Crippen molar-refractivity contribution in [3.05, 3.63) is 66.0 Å². The summed E-state index contributed by atoms with van der Waals surface area (Å²) in [5, 5.41) is 12.5. The quantitative estimate of drug-likeness (QED) is 0.674. The number of anilines is 1. The van der Waals surface area contributed by atoms with E-state index in [0.29, 0.717) is 37.8 Å². The minimum absolute atomic E-state index is 0.0386. The van der Waals surface area contributed by atoms with Gasteiger partial charge in [-0.05, 0) is 36.4 Å². The maximum atomic E-state index is 12.9. The van der Waals surface area contributed by atoms with Gasteiger partial charge >= 0.3 is 6.18 Å². The van der Waals surface area contributed by atoms with Crippen molar-refractivity contribution in [2.45, 2.75) is 6.18 Å². The Hall–Kier alpha value is -3.43. The van der Waals surface area contributed by atoms with Gasteiger partial charge in [-0.25, -0.2) is 4.68 Å².